The van der Waals surface area contributed by atoms with Crippen molar-refractivity contribution in [3.63, 3.8) is 0 Å². The molecule has 3 rings (SSSR count). The van der Waals surface area contributed by atoms with Crippen LogP contribution < -0.4 is 14.2 Å². The molecule has 0 aliphatic carbocycles. The molecule has 0 bridgehead atoms. The average molecular weight is 282 g/mol. The quantitative estimate of drug-likeness (QED) is 0.781. The number of allylic oxidation sites excluding steroid dienone is 1. The normalized spacial score (nSPS) is 12.8. The van der Waals surface area contributed by atoms with E-state index in [1.165, 1.54) is 0 Å². The van der Waals surface area contributed by atoms with Gasteiger partial charge < -0.3 is 14.2 Å². The van der Waals surface area contributed by atoms with Gasteiger partial charge in [0.25, 0.3) is 0 Å². The predicted molar refractivity (Wildman–Crippen MR) is 82.1 cm³/mol. The summed E-state index contributed by atoms with van der Waals surface area (Å²) in [5, 5.41) is 0. The number of fused-ring (bicyclic) bond motifs is 1. The van der Waals surface area contributed by atoms with E-state index in [1.54, 1.807) is 0 Å². The van der Waals surface area contributed by atoms with Crippen molar-refractivity contribution in [2.45, 2.75) is 13.0 Å². The summed E-state index contributed by atoms with van der Waals surface area (Å²) in [5.74, 6) is 2.39. The van der Waals surface area contributed by atoms with Crippen LogP contribution in [0.25, 0.3) is 0 Å². The summed E-state index contributed by atoms with van der Waals surface area (Å²) in [7, 11) is 0. The lowest BCUT2D eigenvalue weighted by Gasteiger charge is -2.22. The molecule has 2 aromatic rings. The SMILES string of the molecule is C=CCc1c(OCc2ccccc2)ccc2c1OCCO2. The van der Waals surface area contributed by atoms with Gasteiger partial charge >= 0.3 is 0 Å². The summed E-state index contributed by atoms with van der Waals surface area (Å²) in [6.07, 6.45) is 2.54. The van der Waals surface area contributed by atoms with Crippen LogP contribution in [0.4, 0.5) is 0 Å². The Hall–Kier alpha value is -2.42. The van der Waals surface area contributed by atoms with Crippen LogP contribution in [0.1, 0.15) is 11.1 Å². The molecule has 0 N–H and O–H groups in total. The molecule has 0 spiro atoms. The van der Waals surface area contributed by atoms with Crippen LogP contribution >= 0.6 is 0 Å². The first kappa shape index (κ1) is 13.6. The third-order valence-electron chi connectivity index (χ3n) is 3.35. The zero-order valence-corrected chi connectivity index (χ0v) is 11.9. The van der Waals surface area contributed by atoms with Crippen molar-refractivity contribution in [2.75, 3.05) is 13.2 Å². The minimum atomic E-state index is 0.532. The van der Waals surface area contributed by atoms with Gasteiger partial charge in [-0.05, 0) is 24.1 Å². The van der Waals surface area contributed by atoms with E-state index in [0.717, 1.165) is 28.4 Å². The monoisotopic (exact) mass is 282 g/mol. The number of ether oxygens (including phenoxy) is 3. The average Bonchev–Trinajstić information content (AvgIpc) is 2.55. The van der Waals surface area contributed by atoms with E-state index < -0.39 is 0 Å². The van der Waals surface area contributed by atoms with Crippen molar-refractivity contribution in [2.24, 2.45) is 0 Å². The zero-order valence-electron chi connectivity index (χ0n) is 11.9. The van der Waals surface area contributed by atoms with Gasteiger partial charge in [-0.1, -0.05) is 36.4 Å². The van der Waals surface area contributed by atoms with E-state index >= 15 is 0 Å². The summed E-state index contributed by atoms with van der Waals surface area (Å²) in [5.41, 5.74) is 2.13. The van der Waals surface area contributed by atoms with Crippen molar-refractivity contribution >= 4 is 0 Å². The Morgan fingerprint density at radius 1 is 1.05 bits per heavy atom. The van der Waals surface area contributed by atoms with E-state index in [2.05, 4.69) is 6.58 Å². The van der Waals surface area contributed by atoms with Gasteiger partial charge in [0.2, 0.25) is 0 Å². The van der Waals surface area contributed by atoms with Crippen LogP contribution in [-0.4, -0.2) is 13.2 Å². The number of hydrogen-bond acceptors (Lipinski definition) is 3. The third kappa shape index (κ3) is 3.02. The number of rotatable bonds is 5. The Labute approximate surface area is 124 Å². The van der Waals surface area contributed by atoms with Gasteiger partial charge in [0, 0.05) is 5.56 Å². The molecule has 0 fully saturated rings. The van der Waals surface area contributed by atoms with Gasteiger partial charge in [0.05, 0.1) is 0 Å². The first-order valence-corrected chi connectivity index (χ1v) is 7.07. The molecular formula is C18H18O3. The summed E-state index contributed by atoms with van der Waals surface area (Å²) in [6.45, 7) is 5.50. The predicted octanol–water partition coefficient (Wildman–Crippen LogP) is 3.77. The van der Waals surface area contributed by atoms with E-state index in [0.29, 0.717) is 26.2 Å². The van der Waals surface area contributed by atoms with Gasteiger partial charge in [0.15, 0.2) is 11.5 Å². The van der Waals surface area contributed by atoms with Crippen molar-refractivity contribution < 1.29 is 14.2 Å². The van der Waals surface area contributed by atoms with Crippen LogP contribution in [0, 0.1) is 0 Å². The minimum Gasteiger partial charge on any atom is -0.488 e. The van der Waals surface area contributed by atoms with Crippen LogP contribution in [0.2, 0.25) is 0 Å². The molecule has 0 saturated carbocycles. The first-order chi connectivity index (χ1) is 10.4. The van der Waals surface area contributed by atoms with Crippen LogP contribution in [-0.2, 0) is 13.0 Å². The second kappa shape index (κ2) is 6.35. The molecule has 0 aromatic heterocycles. The molecule has 2 aromatic carbocycles. The summed E-state index contributed by atoms with van der Waals surface area (Å²) in [6, 6.07) is 13.9. The molecule has 1 heterocycles. The highest BCUT2D eigenvalue weighted by molar-refractivity contribution is 5.55. The molecule has 21 heavy (non-hydrogen) atoms. The van der Waals surface area contributed by atoms with Crippen molar-refractivity contribution in [3.05, 3.63) is 66.2 Å². The molecule has 108 valence electrons. The number of hydrogen-bond donors (Lipinski definition) is 0. The molecule has 1 aliphatic heterocycles. The Morgan fingerprint density at radius 2 is 1.86 bits per heavy atom. The molecule has 3 nitrogen and oxygen atoms in total. The third-order valence-corrected chi connectivity index (χ3v) is 3.35. The zero-order chi connectivity index (χ0) is 14.5. The molecule has 1 aliphatic rings. The highest BCUT2D eigenvalue weighted by atomic mass is 16.6. The fraction of sp³-hybridized carbons (Fsp3) is 0.222. The molecule has 0 saturated heterocycles. The largest absolute Gasteiger partial charge is 0.488 e. The Balaban J connectivity index is 1.85. The summed E-state index contributed by atoms with van der Waals surface area (Å²) >= 11 is 0. The van der Waals surface area contributed by atoms with E-state index in [4.69, 9.17) is 14.2 Å². The van der Waals surface area contributed by atoms with Gasteiger partial charge in [-0.15, -0.1) is 6.58 Å². The molecular weight excluding hydrogens is 264 g/mol. The van der Waals surface area contributed by atoms with Crippen molar-refractivity contribution in [1.82, 2.24) is 0 Å². The second-order valence-electron chi connectivity index (χ2n) is 4.83. The molecule has 3 heteroatoms. The molecule has 0 amide bonds. The Bertz CT molecular complexity index is 620. The lowest BCUT2D eigenvalue weighted by molar-refractivity contribution is 0.168. The van der Waals surface area contributed by atoms with Crippen LogP contribution in [0.3, 0.4) is 0 Å². The van der Waals surface area contributed by atoms with Gasteiger partial charge in [-0.2, -0.15) is 0 Å². The summed E-state index contributed by atoms with van der Waals surface area (Å²) in [4.78, 5) is 0. The first-order valence-electron chi connectivity index (χ1n) is 7.07. The molecule has 0 radical (unpaired) electrons. The fourth-order valence-electron chi connectivity index (χ4n) is 2.36. The van der Waals surface area contributed by atoms with E-state index in [-0.39, 0.29) is 0 Å². The standard InChI is InChI=1S/C18H18O3/c1-2-6-15-16(21-13-14-7-4-3-5-8-14)9-10-17-18(15)20-12-11-19-17/h2-5,7-10H,1,6,11-13H2. The van der Waals surface area contributed by atoms with Crippen molar-refractivity contribution in [3.8, 4) is 17.2 Å². The van der Waals surface area contributed by atoms with Gasteiger partial charge in [0.1, 0.15) is 25.6 Å². The minimum absolute atomic E-state index is 0.532. The topological polar surface area (TPSA) is 27.7 Å². The lowest BCUT2D eigenvalue weighted by Crippen LogP contribution is -2.17. The maximum atomic E-state index is 5.96. The smallest absolute Gasteiger partial charge is 0.168 e. The van der Waals surface area contributed by atoms with Gasteiger partial charge in [-0.25, -0.2) is 0 Å². The lowest BCUT2D eigenvalue weighted by atomic mass is 10.1. The molecule has 0 atom stereocenters. The highest BCUT2D eigenvalue weighted by Crippen LogP contribution is 2.40. The highest BCUT2D eigenvalue weighted by Gasteiger charge is 2.19. The van der Waals surface area contributed by atoms with Gasteiger partial charge in [-0.3, -0.25) is 0 Å². The Morgan fingerprint density at radius 3 is 2.67 bits per heavy atom. The summed E-state index contributed by atoms with van der Waals surface area (Å²) < 4.78 is 17.3. The maximum Gasteiger partial charge on any atom is 0.168 e. The van der Waals surface area contributed by atoms with E-state index in [9.17, 15) is 0 Å². The fourth-order valence-corrected chi connectivity index (χ4v) is 2.36. The molecule has 0 unspecified atom stereocenters. The number of benzene rings is 2. The van der Waals surface area contributed by atoms with Crippen LogP contribution in [0.5, 0.6) is 17.2 Å². The van der Waals surface area contributed by atoms with Crippen molar-refractivity contribution in [1.29, 1.82) is 0 Å². The van der Waals surface area contributed by atoms with E-state index in [1.807, 2.05) is 48.5 Å². The van der Waals surface area contributed by atoms with Crippen LogP contribution in [0.15, 0.2) is 55.1 Å². The second-order valence-corrected chi connectivity index (χ2v) is 4.83. The Kier molecular flexibility index (Phi) is 4.10. The maximum absolute atomic E-state index is 5.96.